The van der Waals surface area contributed by atoms with Gasteiger partial charge in [0.05, 0.1) is 11.3 Å². The van der Waals surface area contributed by atoms with Crippen molar-refractivity contribution in [2.45, 2.75) is 12.6 Å². The monoisotopic (exact) mass is 321 g/mol. The van der Waals surface area contributed by atoms with E-state index in [4.69, 9.17) is 16.9 Å². The Kier molecular flexibility index (Phi) is 4.68. The Labute approximate surface area is 130 Å². The smallest absolute Gasteiger partial charge is 0.249 e. The summed E-state index contributed by atoms with van der Waals surface area (Å²) >= 11 is 0. The van der Waals surface area contributed by atoms with E-state index in [1.807, 2.05) is 0 Å². The van der Waals surface area contributed by atoms with Gasteiger partial charge in [-0.05, 0) is 24.3 Å². The molecule has 0 heterocycles. The van der Waals surface area contributed by atoms with Crippen LogP contribution in [0.2, 0.25) is 0 Å². The van der Waals surface area contributed by atoms with E-state index in [0.717, 1.165) is 18.2 Å². The van der Waals surface area contributed by atoms with Crippen molar-refractivity contribution >= 4 is 11.6 Å². The molecule has 7 heteroatoms. The molecule has 1 aliphatic rings. The maximum atomic E-state index is 13.9. The molecule has 1 unspecified atom stereocenters. The van der Waals surface area contributed by atoms with Crippen LogP contribution < -0.4 is 11.5 Å². The highest BCUT2D eigenvalue weighted by Gasteiger charge is 2.19. The summed E-state index contributed by atoms with van der Waals surface area (Å²) in [6.07, 6.45) is 1.43. The van der Waals surface area contributed by atoms with Crippen LogP contribution in [0.4, 0.5) is 13.2 Å². The number of hydrogen-bond donors (Lipinski definition) is 3. The van der Waals surface area contributed by atoms with Gasteiger partial charge in [0.25, 0.3) is 0 Å². The first-order chi connectivity index (χ1) is 10.8. The lowest BCUT2D eigenvalue weighted by Crippen LogP contribution is -2.18. The van der Waals surface area contributed by atoms with Crippen molar-refractivity contribution < 1.29 is 18.0 Å². The maximum absolute atomic E-state index is 13.9. The van der Waals surface area contributed by atoms with E-state index in [9.17, 15) is 18.0 Å². The van der Waals surface area contributed by atoms with Crippen LogP contribution in [0.5, 0.6) is 0 Å². The number of halogens is 3. The molecule has 0 aliphatic heterocycles. The Morgan fingerprint density at radius 3 is 2.61 bits per heavy atom. The number of rotatable bonds is 4. The van der Waals surface area contributed by atoms with Gasteiger partial charge in [0.1, 0.15) is 17.8 Å². The van der Waals surface area contributed by atoms with Crippen molar-refractivity contribution in [2.75, 3.05) is 0 Å². The topological polar surface area (TPSA) is 93.0 Å². The van der Waals surface area contributed by atoms with E-state index in [0.29, 0.717) is 0 Å². The van der Waals surface area contributed by atoms with E-state index in [2.05, 4.69) is 0 Å². The molecule has 1 aromatic carbocycles. The average molecular weight is 321 g/mol. The first-order valence-electron chi connectivity index (χ1n) is 6.67. The molecule has 1 atom stereocenters. The number of nitrogens with two attached hydrogens (primary N) is 2. The van der Waals surface area contributed by atoms with Crippen LogP contribution in [0.1, 0.15) is 22.3 Å². The number of allylic oxidation sites excluding steroid dienone is 4. The second kappa shape index (κ2) is 6.51. The van der Waals surface area contributed by atoms with Gasteiger partial charge in [-0.15, -0.1) is 0 Å². The summed E-state index contributed by atoms with van der Waals surface area (Å²) in [6, 6.07) is 3.62. The number of nitrogens with one attached hydrogen (secondary N) is 1. The number of primary amides is 1. The van der Waals surface area contributed by atoms with Crippen molar-refractivity contribution in [3.63, 3.8) is 0 Å². The molecule has 2 rings (SSSR count). The lowest BCUT2D eigenvalue weighted by Gasteiger charge is -2.13. The number of carbonyl (C=O) groups excluding carboxylic acids is 1. The molecule has 0 saturated carbocycles. The highest BCUT2D eigenvalue weighted by molar-refractivity contribution is 6.14. The van der Waals surface area contributed by atoms with Crippen molar-refractivity contribution in [2.24, 2.45) is 11.5 Å². The molecule has 5 N–H and O–H groups in total. The van der Waals surface area contributed by atoms with E-state index in [-0.39, 0.29) is 22.4 Å². The molecule has 120 valence electrons. The van der Waals surface area contributed by atoms with Crippen molar-refractivity contribution in [3.05, 3.63) is 70.5 Å². The van der Waals surface area contributed by atoms with Gasteiger partial charge in [0.15, 0.2) is 0 Å². The maximum Gasteiger partial charge on any atom is 0.249 e. The third-order valence-electron chi connectivity index (χ3n) is 3.30. The fourth-order valence-corrected chi connectivity index (χ4v) is 2.20. The van der Waals surface area contributed by atoms with Crippen LogP contribution in [0, 0.1) is 11.2 Å². The van der Waals surface area contributed by atoms with Gasteiger partial charge >= 0.3 is 0 Å². The van der Waals surface area contributed by atoms with Crippen LogP contribution in [0.15, 0.2) is 53.5 Å². The summed E-state index contributed by atoms with van der Waals surface area (Å²) in [5, 5.41) is 7.91. The Morgan fingerprint density at radius 1 is 1.30 bits per heavy atom. The summed E-state index contributed by atoms with van der Waals surface area (Å²) in [5.74, 6) is -2.49. The minimum atomic E-state index is -1.43. The Balaban J connectivity index is 2.41. The number of alkyl halides is 1. The molecule has 0 saturated heterocycles. The number of hydrogen-bond acceptors (Lipinski definition) is 3. The van der Waals surface area contributed by atoms with E-state index >= 15 is 0 Å². The second-order valence-electron chi connectivity index (χ2n) is 4.94. The van der Waals surface area contributed by atoms with Crippen LogP contribution in [-0.4, -0.2) is 17.8 Å². The molecule has 0 spiro atoms. The van der Waals surface area contributed by atoms with Crippen molar-refractivity contribution in [3.8, 4) is 0 Å². The van der Waals surface area contributed by atoms with Gasteiger partial charge in [-0.2, -0.15) is 0 Å². The van der Waals surface area contributed by atoms with Gasteiger partial charge in [-0.25, -0.2) is 13.2 Å². The average Bonchev–Trinajstić information content (AvgIpc) is 2.46. The molecule has 23 heavy (non-hydrogen) atoms. The minimum Gasteiger partial charge on any atom is -0.398 e. The summed E-state index contributed by atoms with van der Waals surface area (Å²) in [7, 11) is 0. The number of carbonyl (C=O) groups is 1. The van der Waals surface area contributed by atoms with Gasteiger partial charge in [-0.1, -0.05) is 12.1 Å². The SMILES string of the molecule is N=C(/C=C(\N)C1=C(F)CC(F)C=C1)c1c(F)cccc1C(N)=O. The van der Waals surface area contributed by atoms with Crippen LogP contribution in [0.25, 0.3) is 0 Å². The molecule has 1 amide bonds. The Bertz CT molecular complexity index is 766. The summed E-state index contributed by atoms with van der Waals surface area (Å²) in [4.78, 5) is 11.3. The Morgan fingerprint density at radius 2 is 2.00 bits per heavy atom. The zero-order valence-corrected chi connectivity index (χ0v) is 11.9. The first-order valence-corrected chi connectivity index (χ1v) is 6.67. The fourth-order valence-electron chi connectivity index (χ4n) is 2.20. The lowest BCUT2D eigenvalue weighted by molar-refractivity contribution is 0.0999. The molecule has 1 aliphatic carbocycles. The Hall–Kier alpha value is -2.83. The predicted molar refractivity (Wildman–Crippen MR) is 80.8 cm³/mol. The molecule has 0 radical (unpaired) electrons. The van der Waals surface area contributed by atoms with E-state index in [1.54, 1.807) is 0 Å². The number of amides is 1. The van der Waals surface area contributed by atoms with E-state index < -0.39 is 35.9 Å². The van der Waals surface area contributed by atoms with Crippen LogP contribution >= 0.6 is 0 Å². The van der Waals surface area contributed by atoms with Crippen molar-refractivity contribution in [1.82, 2.24) is 0 Å². The first kappa shape index (κ1) is 16.5. The second-order valence-corrected chi connectivity index (χ2v) is 4.94. The largest absolute Gasteiger partial charge is 0.398 e. The summed E-state index contributed by atoms with van der Waals surface area (Å²) in [6.45, 7) is 0. The van der Waals surface area contributed by atoms with Crippen LogP contribution in [-0.2, 0) is 0 Å². The molecule has 0 bridgehead atoms. The molecule has 1 aromatic rings. The molecular formula is C16H14F3N3O. The normalized spacial score (nSPS) is 18.2. The molecule has 4 nitrogen and oxygen atoms in total. The lowest BCUT2D eigenvalue weighted by atomic mass is 9.97. The zero-order valence-electron chi connectivity index (χ0n) is 11.9. The third-order valence-corrected chi connectivity index (χ3v) is 3.30. The standard InChI is InChI=1S/C16H14F3N3O/c17-8-4-5-9(12(19)6-8)13(20)7-14(21)15-10(16(22)23)2-1-3-11(15)18/h1-5,7-8,21H,6,20H2,(H2,22,23)/b13-7-,21-14?. The highest BCUT2D eigenvalue weighted by atomic mass is 19.1. The number of benzene rings is 1. The summed E-state index contributed by atoms with van der Waals surface area (Å²) in [5.41, 5.74) is 9.67. The fraction of sp³-hybridized carbons (Fsp3) is 0.125. The highest BCUT2D eigenvalue weighted by Crippen LogP contribution is 2.26. The third kappa shape index (κ3) is 3.50. The minimum absolute atomic E-state index is 0.0689. The molecule has 0 fully saturated rings. The van der Waals surface area contributed by atoms with E-state index in [1.165, 1.54) is 18.2 Å². The van der Waals surface area contributed by atoms with Gasteiger partial charge < -0.3 is 16.9 Å². The van der Waals surface area contributed by atoms with Crippen LogP contribution in [0.3, 0.4) is 0 Å². The van der Waals surface area contributed by atoms with Gasteiger partial charge in [-0.3, -0.25) is 4.79 Å². The quantitative estimate of drug-likeness (QED) is 0.744. The summed E-state index contributed by atoms with van der Waals surface area (Å²) < 4.78 is 40.7. The zero-order chi connectivity index (χ0) is 17.1. The molecule has 0 aromatic heterocycles. The predicted octanol–water partition coefficient (Wildman–Crippen LogP) is 2.66. The van der Waals surface area contributed by atoms with Crippen molar-refractivity contribution in [1.29, 1.82) is 5.41 Å². The van der Waals surface area contributed by atoms with Gasteiger partial charge in [0, 0.05) is 23.3 Å². The molecular weight excluding hydrogens is 307 g/mol. The van der Waals surface area contributed by atoms with Gasteiger partial charge in [0.2, 0.25) is 5.91 Å².